The first-order valence-corrected chi connectivity index (χ1v) is 36.1. The van der Waals surface area contributed by atoms with E-state index in [1.807, 2.05) is 0 Å². The topological polar surface area (TPSA) is 406 Å². The second kappa shape index (κ2) is 36.3. The van der Waals surface area contributed by atoms with E-state index in [9.17, 15) is 68.3 Å². The van der Waals surface area contributed by atoms with Crippen molar-refractivity contribution in [3.05, 3.63) is 240 Å². The number of tetrazole rings is 3. The average molecular weight is 1890 g/mol. The number of benzene rings is 3. The number of anilines is 3. The van der Waals surface area contributed by atoms with Crippen LogP contribution in [0.2, 0.25) is 10.0 Å². The van der Waals surface area contributed by atoms with Crippen LogP contribution in [0.25, 0.3) is 27.1 Å². The molecule has 6 amide bonds. The van der Waals surface area contributed by atoms with Crippen LogP contribution in [0.5, 0.6) is 0 Å². The molecule has 0 atom stereocenters. The number of carbonyl (C=O) groups is 6. The summed E-state index contributed by atoms with van der Waals surface area (Å²) in [5.41, 5.74) is 3.04. The van der Waals surface area contributed by atoms with Gasteiger partial charge in [0.15, 0.2) is 23.1 Å². The summed E-state index contributed by atoms with van der Waals surface area (Å²) in [5, 5.41) is 58.2. The lowest BCUT2D eigenvalue weighted by atomic mass is 10.0. The second-order valence-electron chi connectivity index (χ2n) is 24.1. The molecule has 0 bridgehead atoms. The molecule has 0 aliphatic carbocycles. The van der Waals surface area contributed by atoms with Crippen LogP contribution < -0.4 is 31.9 Å². The standard InChI is InChI=1S/C24H20BrF3N10O2.C22H15BrClF3N10O2.C21H16ClF3IN9O2/c1-12(2)31-21(39)16-9-14(29-4)8-13(3)19(16)32-22(40)18-10-15(11-37-35-23(33-36-37)24(26,27)28)34-38(18)20-17(25)6-5-7-30-20;1-11-6-12(23)7-14(19(38)30-10-28-2)17(11)31-20(39)16-8-13(9-36-34-21(32-35-36)22(25,26)27)33-37(16)18-15(24)4-3-5-29-18;1-10-6-11(26)7-13(18(36)27-2)16(10)29-19(37)15-8-12(9-34-32-20(30-33-34)21(23,24)25)31-35(15)17-14(22)4-3-5-28-17/h5-10,12H,11H2,1-3H3,(H,31,39)(H,32,40);3-8H,9-10H2,1H3,(H,30,38)(H,31,39);3-8H,9H2,1-2H3,(H,27,36)(H,29,37). The maximum atomic E-state index is 13.6. The van der Waals surface area contributed by atoms with E-state index in [0.717, 1.165) is 12.9 Å². The monoisotopic (exact) mass is 1880 g/mol. The fraction of sp³-hybridized carbons (Fsp3) is 0.209. The Morgan fingerprint density at radius 2 is 0.897 bits per heavy atom. The van der Waals surface area contributed by atoms with E-state index >= 15 is 0 Å². The van der Waals surface area contributed by atoms with Gasteiger partial charge in [-0.25, -0.2) is 40.4 Å². The molecule has 35 nitrogen and oxygen atoms in total. The minimum absolute atomic E-state index is 0.0468. The minimum Gasteiger partial charge on any atom is -0.355 e. The molecule has 12 aromatic rings. The van der Waals surface area contributed by atoms with Crippen LogP contribution >= 0.6 is 77.7 Å². The van der Waals surface area contributed by atoms with Crippen molar-refractivity contribution in [2.24, 2.45) is 0 Å². The van der Waals surface area contributed by atoms with Crippen molar-refractivity contribution < 1.29 is 68.3 Å². The lowest BCUT2D eigenvalue weighted by Crippen LogP contribution is -2.31. The van der Waals surface area contributed by atoms with Crippen molar-refractivity contribution in [1.82, 2.24) is 121 Å². The molecule has 9 heterocycles. The van der Waals surface area contributed by atoms with E-state index in [0.29, 0.717) is 40.0 Å². The average Bonchev–Trinajstić information content (AvgIpc) is 1.60. The van der Waals surface area contributed by atoms with Gasteiger partial charge in [0.2, 0.25) is 0 Å². The molecule has 9 aromatic heterocycles. The highest BCUT2D eigenvalue weighted by Gasteiger charge is 2.40. The van der Waals surface area contributed by atoms with Gasteiger partial charge < -0.3 is 26.6 Å². The number of carbonyl (C=O) groups excluding carboxylic acids is 6. The Kier molecular flexibility index (Phi) is 26.8. The third-order valence-corrected chi connectivity index (χ3v) is 17.6. The summed E-state index contributed by atoms with van der Waals surface area (Å²) in [4.78, 5) is 99.8. The molecular weight excluding hydrogens is 1840 g/mol. The zero-order chi connectivity index (χ0) is 84.4. The molecule has 12 rings (SSSR count). The van der Waals surface area contributed by atoms with Gasteiger partial charge in [-0.05, 0) is 190 Å². The predicted octanol–water partition coefficient (Wildman–Crippen LogP) is 11.7. The Hall–Kier alpha value is -12.6. The number of aryl methyl sites for hydroxylation is 3. The van der Waals surface area contributed by atoms with Gasteiger partial charge in [-0.1, -0.05) is 45.2 Å². The number of halogens is 14. The third-order valence-electron chi connectivity index (χ3n) is 15.3. The molecule has 0 aliphatic heterocycles. The van der Waals surface area contributed by atoms with E-state index in [2.05, 4.69) is 173 Å². The number of nitrogens with one attached hydrogen (secondary N) is 6. The molecule has 0 radical (unpaired) electrons. The first-order chi connectivity index (χ1) is 54.8. The molecule has 0 saturated carbocycles. The van der Waals surface area contributed by atoms with Gasteiger partial charge in [-0.15, -0.1) is 30.6 Å². The summed E-state index contributed by atoms with van der Waals surface area (Å²) in [5.74, 6) is -7.44. The molecule has 116 heavy (non-hydrogen) atoms. The van der Waals surface area contributed by atoms with Crippen molar-refractivity contribution in [1.29, 1.82) is 0 Å². The van der Waals surface area contributed by atoms with Crippen LogP contribution in [0.3, 0.4) is 0 Å². The minimum atomic E-state index is -4.79. The van der Waals surface area contributed by atoms with Gasteiger partial charge in [-0.2, -0.15) is 69.2 Å². The maximum absolute atomic E-state index is 13.6. The van der Waals surface area contributed by atoms with E-state index in [-0.39, 0.29) is 133 Å². The first-order valence-electron chi connectivity index (χ1n) is 32.7. The third kappa shape index (κ3) is 20.8. The highest BCUT2D eigenvalue weighted by Crippen LogP contribution is 2.34. The molecular formula is C67H51Br2Cl2F9IN29O6. The Labute approximate surface area is 686 Å². The summed E-state index contributed by atoms with van der Waals surface area (Å²) >= 11 is 21.3. The number of amides is 6. The summed E-state index contributed by atoms with van der Waals surface area (Å²) in [6.07, 6.45) is -10.0. The normalized spacial score (nSPS) is 11.3. The van der Waals surface area contributed by atoms with Crippen molar-refractivity contribution in [3.63, 3.8) is 0 Å². The first kappa shape index (κ1) is 85.8. The van der Waals surface area contributed by atoms with Crippen LogP contribution in [-0.4, -0.2) is 160 Å². The fourth-order valence-electron chi connectivity index (χ4n) is 10.4. The van der Waals surface area contributed by atoms with E-state index in [1.54, 1.807) is 77.1 Å². The summed E-state index contributed by atoms with van der Waals surface area (Å²) in [7, 11) is 1.47. The van der Waals surface area contributed by atoms with Crippen LogP contribution in [0.1, 0.15) is 128 Å². The van der Waals surface area contributed by atoms with Gasteiger partial charge in [0.05, 0.1) is 71.9 Å². The molecule has 0 fully saturated rings. The zero-order valence-corrected chi connectivity index (χ0v) is 66.7. The van der Waals surface area contributed by atoms with E-state index in [1.165, 1.54) is 78.9 Å². The second-order valence-corrected chi connectivity index (χ2v) is 28.0. The molecule has 49 heteroatoms. The lowest BCUT2D eigenvalue weighted by molar-refractivity contribution is -0.145. The largest absolute Gasteiger partial charge is 0.455 e. The number of alkyl halides is 9. The Balaban J connectivity index is 0.000000184. The Bertz CT molecular complexity index is 5870. The van der Waals surface area contributed by atoms with Crippen molar-refractivity contribution in [3.8, 4) is 17.5 Å². The highest BCUT2D eigenvalue weighted by atomic mass is 127. The van der Waals surface area contributed by atoms with Gasteiger partial charge in [0.25, 0.3) is 59.6 Å². The molecule has 6 N–H and O–H groups in total. The molecule has 0 unspecified atom stereocenters. The summed E-state index contributed by atoms with van der Waals surface area (Å²) in [6, 6.07) is 22.7. The van der Waals surface area contributed by atoms with E-state index < -0.39 is 71.4 Å². The van der Waals surface area contributed by atoms with Crippen LogP contribution in [0.4, 0.5) is 62.3 Å². The molecule has 0 spiro atoms. The number of aromatic nitrogens is 21. The number of nitrogens with zero attached hydrogens (tertiary/aromatic N) is 23. The van der Waals surface area contributed by atoms with Crippen LogP contribution in [-0.2, 0) is 38.2 Å². The van der Waals surface area contributed by atoms with Gasteiger partial charge in [0.1, 0.15) is 36.7 Å². The Morgan fingerprint density at radius 3 is 1.28 bits per heavy atom. The number of hydrogen-bond acceptors (Lipinski definition) is 21. The van der Waals surface area contributed by atoms with Crippen molar-refractivity contribution >= 4 is 136 Å². The highest BCUT2D eigenvalue weighted by molar-refractivity contribution is 14.1. The van der Waals surface area contributed by atoms with Gasteiger partial charge >= 0.3 is 18.5 Å². The van der Waals surface area contributed by atoms with Crippen molar-refractivity contribution in [2.45, 2.75) is 78.8 Å². The molecule has 598 valence electrons. The summed E-state index contributed by atoms with van der Waals surface area (Å²) in [6.45, 7) is 21.5. The van der Waals surface area contributed by atoms with Gasteiger partial charge in [0, 0.05) is 39.7 Å². The van der Waals surface area contributed by atoms with Crippen molar-refractivity contribution in [2.75, 3.05) is 29.7 Å². The lowest BCUT2D eigenvalue weighted by Gasteiger charge is -2.16. The summed E-state index contributed by atoms with van der Waals surface area (Å²) < 4.78 is 121. The smallest absolute Gasteiger partial charge is 0.355 e. The van der Waals surface area contributed by atoms with E-state index in [4.69, 9.17) is 36.3 Å². The Morgan fingerprint density at radius 1 is 0.509 bits per heavy atom. The number of rotatable bonds is 20. The molecule has 0 saturated heterocycles. The molecule has 0 aliphatic rings. The molecule has 3 aromatic carbocycles. The van der Waals surface area contributed by atoms with Gasteiger partial charge in [-0.3, -0.25) is 38.9 Å². The van der Waals surface area contributed by atoms with Crippen LogP contribution in [0, 0.1) is 37.5 Å². The number of hydrogen-bond donors (Lipinski definition) is 6. The zero-order valence-electron chi connectivity index (χ0n) is 59.8. The van der Waals surface area contributed by atoms with Crippen LogP contribution in [0.15, 0.2) is 119 Å². The maximum Gasteiger partial charge on any atom is 0.455 e. The SMILES string of the molecule is CNC(=O)c1cc(I)cc(C)c1NC(=O)c1cc(Cn2nnc(C(F)(F)F)n2)nn1-c1ncccc1Cl.[C-]#[N+]CNC(=O)c1cc(Br)cc(C)c1NC(=O)c1cc(Cn2nnc(C(F)(F)F)n2)nn1-c1ncccc1Cl.[C-]#[N+]c1cc(C)c(NC(=O)c2cc(Cn3nnc(C(F)(F)F)n3)nn2-c2ncccc2Br)c(C(=O)NC(C)C)c1. The quantitative estimate of drug-likeness (QED) is 0.0234. The fourth-order valence-corrected chi connectivity index (χ4v) is 12.5. The predicted molar refractivity (Wildman–Crippen MR) is 407 cm³/mol. The number of pyridine rings is 3.